The summed E-state index contributed by atoms with van der Waals surface area (Å²) in [5, 5.41) is 0. The van der Waals surface area contributed by atoms with Crippen molar-refractivity contribution in [1.29, 1.82) is 0 Å². The molecule has 0 bridgehead atoms. The van der Waals surface area contributed by atoms with E-state index in [4.69, 9.17) is 0 Å². The third kappa shape index (κ3) is 2.89. The van der Waals surface area contributed by atoms with E-state index in [9.17, 15) is 14.4 Å². The standard InChI is InChI=1S/C15H25N3O3/c1-14(2)7-6-8-15(3,9-14)10-18-12(20)16(4)11(19)17(5)13(18)21/h6-10H2,1-5H3. The van der Waals surface area contributed by atoms with E-state index in [1.54, 1.807) is 0 Å². The van der Waals surface area contributed by atoms with E-state index in [2.05, 4.69) is 20.8 Å². The molecule has 1 aromatic rings. The molecular formula is C15H25N3O3. The van der Waals surface area contributed by atoms with Crippen LogP contribution in [0.1, 0.15) is 46.5 Å². The van der Waals surface area contributed by atoms with E-state index in [1.807, 2.05) is 0 Å². The van der Waals surface area contributed by atoms with Crippen LogP contribution in [0.2, 0.25) is 0 Å². The molecule has 2 rings (SSSR count). The Morgan fingerprint density at radius 1 is 0.905 bits per heavy atom. The average molecular weight is 295 g/mol. The van der Waals surface area contributed by atoms with Crippen LogP contribution in [-0.2, 0) is 20.6 Å². The van der Waals surface area contributed by atoms with Gasteiger partial charge in [-0.2, -0.15) is 0 Å². The lowest BCUT2D eigenvalue weighted by Gasteiger charge is -2.42. The second-order valence-corrected chi connectivity index (χ2v) is 7.56. The van der Waals surface area contributed by atoms with Crippen molar-refractivity contribution in [2.24, 2.45) is 24.9 Å². The highest BCUT2D eigenvalue weighted by molar-refractivity contribution is 4.89. The van der Waals surface area contributed by atoms with Crippen LogP contribution in [0.4, 0.5) is 0 Å². The molecule has 1 aliphatic carbocycles. The summed E-state index contributed by atoms with van der Waals surface area (Å²) in [6.45, 7) is 6.96. The van der Waals surface area contributed by atoms with Crippen LogP contribution >= 0.6 is 0 Å². The van der Waals surface area contributed by atoms with Crippen molar-refractivity contribution < 1.29 is 0 Å². The Morgan fingerprint density at radius 2 is 1.43 bits per heavy atom. The van der Waals surface area contributed by atoms with Crippen LogP contribution in [0.5, 0.6) is 0 Å². The van der Waals surface area contributed by atoms with Gasteiger partial charge in [-0.05, 0) is 30.1 Å². The van der Waals surface area contributed by atoms with E-state index in [-0.39, 0.29) is 10.8 Å². The van der Waals surface area contributed by atoms with Crippen LogP contribution in [0, 0.1) is 10.8 Å². The molecule has 21 heavy (non-hydrogen) atoms. The first kappa shape index (κ1) is 15.8. The van der Waals surface area contributed by atoms with Crippen LogP contribution in [0.3, 0.4) is 0 Å². The molecule has 1 heterocycles. The van der Waals surface area contributed by atoms with Crippen molar-refractivity contribution in [3.05, 3.63) is 31.5 Å². The first-order valence-electron chi connectivity index (χ1n) is 7.43. The fourth-order valence-corrected chi connectivity index (χ4v) is 3.81. The molecular weight excluding hydrogens is 270 g/mol. The van der Waals surface area contributed by atoms with Gasteiger partial charge in [0.2, 0.25) is 0 Å². The number of aromatic nitrogens is 3. The molecule has 6 heteroatoms. The highest BCUT2D eigenvalue weighted by atomic mass is 16.2. The fraction of sp³-hybridized carbons (Fsp3) is 0.800. The van der Waals surface area contributed by atoms with Gasteiger partial charge in [0.15, 0.2) is 0 Å². The quantitative estimate of drug-likeness (QED) is 0.812. The summed E-state index contributed by atoms with van der Waals surface area (Å²) in [6, 6.07) is 0. The van der Waals surface area contributed by atoms with E-state index >= 15 is 0 Å². The summed E-state index contributed by atoms with van der Waals surface area (Å²) in [6.07, 6.45) is 4.24. The molecule has 1 fully saturated rings. The zero-order valence-corrected chi connectivity index (χ0v) is 13.6. The molecule has 1 atom stereocenters. The molecule has 0 N–H and O–H groups in total. The molecule has 0 aliphatic heterocycles. The van der Waals surface area contributed by atoms with Gasteiger partial charge in [0.1, 0.15) is 0 Å². The van der Waals surface area contributed by atoms with Crippen molar-refractivity contribution in [3.8, 4) is 0 Å². The van der Waals surface area contributed by atoms with Crippen molar-refractivity contribution in [3.63, 3.8) is 0 Å². The predicted octanol–water partition coefficient (Wildman–Crippen LogP) is 0.852. The van der Waals surface area contributed by atoms with Gasteiger partial charge in [-0.15, -0.1) is 0 Å². The molecule has 118 valence electrons. The molecule has 0 spiro atoms. The Labute approximate surface area is 124 Å². The van der Waals surface area contributed by atoms with E-state index in [0.29, 0.717) is 6.54 Å². The molecule has 1 aromatic heterocycles. The zero-order valence-electron chi connectivity index (χ0n) is 13.6. The third-order valence-electron chi connectivity index (χ3n) is 4.69. The van der Waals surface area contributed by atoms with Crippen molar-refractivity contribution in [1.82, 2.24) is 13.7 Å². The fourth-order valence-electron chi connectivity index (χ4n) is 3.81. The molecule has 1 unspecified atom stereocenters. The maximum Gasteiger partial charge on any atom is 0.336 e. The van der Waals surface area contributed by atoms with E-state index in [0.717, 1.165) is 28.4 Å². The van der Waals surface area contributed by atoms with Crippen LogP contribution in [-0.4, -0.2) is 13.7 Å². The summed E-state index contributed by atoms with van der Waals surface area (Å²) >= 11 is 0. The van der Waals surface area contributed by atoms with Gasteiger partial charge in [0.05, 0.1) is 0 Å². The van der Waals surface area contributed by atoms with Gasteiger partial charge in [0.25, 0.3) is 0 Å². The number of rotatable bonds is 2. The summed E-state index contributed by atoms with van der Waals surface area (Å²) in [5.74, 6) is 0. The lowest BCUT2D eigenvalue weighted by molar-refractivity contribution is 0.0790. The van der Waals surface area contributed by atoms with Gasteiger partial charge >= 0.3 is 17.1 Å². The lowest BCUT2D eigenvalue weighted by atomic mass is 9.64. The Hall–Kier alpha value is -1.59. The first-order chi connectivity index (χ1) is 9.56. The second-order valence-electron chi connectivity index (χ2n) is 7.56. The van der Waals surface area contributed by atoms with Crippen LogP contribution in [0.15, 0.2) is 14.4 Å². The van der Waals surface area contributed by atoms with Crippen molar-refractivity contribution in [2.75, 3.05) is 0 Å². The van der Waals surface area contributed by atoms with Gasteiger partial charge in [-0.1, -0.05) is 27.2 Å². The number of hydrogen-bond donors (Lipinski definition) is 0. The zero-order chi connectivity index (χ0) is 16.0. The highest BCUT2D eigenvalue weighted by Gasteiger charge is 2.37. The molecule has 0 aromatic carbocycles. The molecule has 0 saturated heterocycles. The Balaban J connectivity index is 2.48. The number of nitrogens with zero attached hydrogens (tertiary/aromatic N) is 3. The molecule has 1 saturated carbocycles. The summed E-state index contributed by atoms with van der Waals surface area (Å²) in [7, 11) is 2.82. The largest absolute Gasteiger partial charge is 0.336 e. The second kappa shape index (κ2) is 5.00. The Kier molecular flexibility index (Phi) is 3.76. The van der Waals surface area contributed by atoms with Gasteiger partial charge in [0, 0.05) is 20.6 Å². The Bertz CT molecular complexity index is 683. The summed E-state index contributed by atoms with van der Waals surface area (Å²) in [5.41, 5.74) is -1.48. The smallest absolute Gasteiger partial charge is 0.248 e. The highest BCUT2D eigenvalue weighted by Crippen LogP contribution is 2.46. The predicted molar refractivity (Wildman–Crippen MR) is 81.5 cm³/mol. The van der Waals surface area contributed by atoms with Crippen LogP contribution < -0.4 is 17.1 Å². The Morgan fingerprint density at radius 3 is 1.90 bits per heavy atom. The summed E-state index contributed by atoms with van der Waals surface area (Å²) < 4.78 is 3.21. The minimum atomic E-state index is -0.574. The van der Waals surface area contributed by atoms with Crippen molar-refractivity contribution in [2.45, 2.75) is 53.0 Å². The molecule has 1 aliphatic rings. The molecule has 0 radical (unpaired) electrons. The maximum absolute atomic E-state index is 12.3. The minimum Gasteiger partial charge on any atom is -0.248 e. The van der Waals surface area contributed by atoms with Gasteiger partial charge in [-0.3, -0.25) is 0 Å². The minimum absolute atomic E-state index is 0.0882. The lowest BCUT2D eigenvalue weighted by Crippen LogP contribution is -2.54. The van der Waals surface area contributed by atoms with Crippen LogP contribution in [0.25, 0.3) is 0 Å². The topological polar surface area (TPSA) is 66.0 Å². The normalized spacial score (nSPS) is 25.0. The monoisotopic (exact) mass is 295 g/mol. The van der Waals surface area contributed by atoms with E-state index in [1.165, 1.54) is 25.1 Å². The van der Waals surface area contributed by atoms with Gasteiger partial charge < -0.3 is 0 Å². The maximum atomic E-state index is 12.3. The first-order valence-corrected chi connectivity index (χ1v) is 7.43. The molecule has 0 amide bonds. The van der Waals surface area contributed by atoms with E-state index < -0.39 is 17.1 Å². The average Bonchev–Trinajstić information content (AvgIpc) is 2.38. The van der Waals surface area contributed by atoms with Gasteiger partial charge in [-0.25, -0.2) is 28.1 Å². The molecule has 6 nitrogen and oxygen atoms in total. The summed E-state index contributed by atoms with van der Waals surface area (Å²) in [4.78, 5) is 36.3. The SMILES string of the molecule is Cn1c(=O)n(C)c(=O)n(CC2(C)CCCC(C)(C)C2)c1=O. The number of hydrogen-bond acceptors (Lipinski definition) is 3. The van der Waals surface area contributed by atoms with Crippen molar-refractivity contribution >= 4 is 0 Å². The third-order valence-corrected chi connectivity index (χ3v) is 4.69.